The number of carbonyl (C=O) groups is 3. The molecule has 1 fully saturated rings. The van der Waals surface area contributed by atoms with Gasteiger partial charge < -0.3 is 15.0 Å². The third kappa shape index (κ3) is 6.43. The van der Waals surface area contributed by atoms with Gasteiger partial charge in [0.05, 0.1) is 10.5 Å². The second-order valence-electron chi connectivity index (χ2n) is 6.32. The summed E-state index contributed by atoms with van der Waals surface area (Å²) in [6.45, 7) is -0.733. The van der Waals surface area contributed by atoms with E-state index in [2.05, 4.69) is 0 Å². The Bertz CT molecular complexity index is 812. The smallest absolute Gasteiger partial charge is 0.416 e. The van der Waals surface area contributed by atoms with Crippen LogP contribution in [0.2, 0.25) is 0 Å². The molecule has 12 heteroatoms. The van der Waals surface area contributed by atoms with E-state index in [1.165, 1.54) is 4.90 Å². The van der Waals surface area contributed by atoms with Gasteiger partial charge in [0.2, 0.25) is 5.91 Å². The Kier molecular flexibility index (Phi) is 7.13. The molecule has 0 aliphatic carbocycles. The summed E-state index contributed by atoms with van der Waals surface area (Å²) >= 11 is 0. The van der Waals surface area contributed by atoms with Crippen molar-refractivity contribution in [2.75, 3.05) is 25.0 Å². The van der Waals surface area contributed by atoms with Crippen LogP contribution in [0.1, 0.15) is 31.2 Å². The lowest BCUT2D eigenvalue weighted by atomic mass is 10.1. The maximum atomic E-state index is 12.7. The minimum Gasteiger partial charge on any atom is -0.454 e. The van der Waals surface area contributed by atoms with Gasteiger partial charge in [0.25, 0.3) is 11.6 Å². The van der Waals surface area contributed by atoms with Gasteiger partial charge in [-0.2, -0.15) is 13.2 Å². The Morgan fingerprint density at radius 1 is 1.24 bits per heavy atom. The fourth-order valence-corrected chi connectivity index (χ4v) is 2.70. The van der Waals surface area contributed by atoms with E-state index in [1.807, 2.05) is 5.32 Å². The summed E-state index contributed by atoms with van der Waals surface area (Å²) in [6.07, 6.45) is -2.11. The molecule has 1 aromatic carbocycles. The standard InChI is InChI=1S/C17H18F3N3O6/c18-17(19,20)11-5-6-12(13(8-11)23(27)28)21-14(24)10-29-16(26)9-22-7-3-1-2-4-15(22)25/h5-6,8H,1-4,7,9-10H2,(H,21,24). The first-order chi connectivity index (χ1) is 13.6. The Hall–Kier alpha value is -3.18. The molecule has 1 aliphatic heterocycles. The van der Waals surface area contributed by atoms with E-state index < -0.39 is 46.5 Å². The predicted molar refractivity (Wildman–Crippen MR) is 92.7 cm³/mol. The number of ether oxygens (including phenoxy) is 1. The zero-order chi connectivity index (χ0) is 21.6. The number of esters is 1. The highest BCUT2D eigenvalue weighted by Crippen LogP contribution is 2.34. The fraction of sp³-hybridized carbons (Fsp3) is 0.471. The van der Waals surface area contributed by atoms with Crippen molar-refractivity contribution in [1.29, 1.82) is 0 Å². The minimum absolute atomic E-state index is 0.190. The van der Waals surface area contributed by atoms with Crippen LogP contribution in [-0.4, -0.2) is 47.3 Å². The van der Waals surface area contributed by atoms with Crippen molar-refractivity contribution < 1.29 is 37.2 Å². The maximum absolute atomic E-state index is 12.7. The van der Waals surface area contributed by atoms with Gasteiger partial charge in [0.15, 0.2) is 6.61 Å². The Balaban J connectivity index is 1.94. The van der Waals surface area contributed by atoms with E-state index in [9.17, 15) is 37.7 Å². The molecule has 1 N–H and O–H groups in total. The van der Waals surface area contributed by atoms with Crippen LogP contribution in [0.3, 0.4) is 0 Å². The number of likely N-dealkylation sites (tertiary alicyclic amines) is 1. The molecular formula is C17H18F3N3O6. The Morgan fingerprint density at radius 2 is 1.97 bits per heavy atom. The lowest BCUT2D eigenvalue weighted by Crippen LogP contribution is -2.36. The zero-order valence-corrected chi connectivity index (χ0v) is 15.2. The molecule has 158 valence electrons. The van der Waals surface area contributed by atoms with E-state index in [-0.39, 0.29) is 12.5 Å². The van der Waals surface area contributed by atoms with Crippen molar-refractivity contribution in [1.82, 2.24) is 4.90 Å². The molecule has 1 saturated heterocycles. The summed E-state index contributed by atoms with van der Waals surface area (Å²) < 4.78 is 42.8. The van der Waals surface area contributed by atoms with Gasteiger partial charge in [0, 0.05) is 19.0 Å². The number of nitro groups is 1. The summed E-state index contributed by atoms with van der Waals surface area (Å²) in [5, 5.41) is 13.0. The van der Waals surface area contributed by atoms with Crippen LogP contribution < -0.4 is 5.32 Å². The number of benzene rings is 1. The molecule has 9 nitrogen and oxygen atoms in total. The fourth-order valence-electron chi connectivity index (χ4n) is 2.70. The number of amides is 2. The molecule has 0 aromatic heterocycles. The Morgan fingerprint density at radius 3 is 2.62 bits per heavy atom. The van der Waals surface area contributed by atoms with Crippen LogP contribution in [0, 0.1) is 10.1 Å². The number of carbonyl (C=O) groups excluding carboxylic acids is 3. The van der Waals surface area contributed by atoms with Gasteiger partial charge in [-0.15, -0.1) is 0 Å². The van der Waals surface area contributed by atoms with Crippen LogP contribution >= 0.6 is 0 Å². The SMILES string of the molecule is O=C(COC(=O)CN1CCCCCC1=O)Nc1ccc(C(F)(F)F)cc1[N+](=O)[O-]. The zero-order valence-electron chi connectivity index (χ0n) is 15.2. The van der Waals surface area contributed by atoms with Gasteiger partial charge >= 0.3 is 12.1 Å². The summed E-state index contributed by atoms with van der Waals surface area (Å²) in [6, 6.07) is 1.63. The lowest BCUT2D eigenvalue weighted by Gasteiger charge is -2.19. The summed E-state index contributed by atoms with van der Waals surface area (Å²) in [4.78, 5) is 46.8. The molecule has 0 unspecified atom stereocenters. The normalized spacial score (nSPS) is 14.9. The van der Waals surface area contributed by atoms with E-state index in [0.717, 1.165) is 25.3 Å². The Labute approximate surface area is 162 Å². The van der Waals surface area contributed by atoms with Crippen molar-refractivity contribution >= 4 is 29.2 Å². The van der Waals surface area contributed by atoms with Gasteiger partial charge in [-0.05, 0) is 25.0 Å². The quantitative estimate of drug-likeness (QED) is 0.432. The molecule has 2 amide bonds. The number of nitro benzene ring substituents is 1. The number of nitrogens with zero attached hydrogens (tertiary/aromatic N) is 2. The number of halogens is 3. The molecule has 0 radical (unpaired) electrons. The van der Waals surface area contributed by atoms with Crippen molar-refractivity contribution in [3.8, 4) is 0 Å². The largest absolute Gasteiger partial charge is 0.454 e. The molecule has 0 bridgehead atoms. The number of hydrogen-bond acceptors (Lipinski definition) is 6. The molecule has 29 heavy (non-hydrogen) atoms. The number of nitrogens with one attached hydrogen (secondary N) is 1. The van der Waals surface area contributed by atoms with Crippen LogP contribution in [0.4, 0.5) is 24.5 Å². The monoisotopic (exact) mass is 417 g/mol. The molecular weight excluding hydrogens is 399 g/mol. The van der Waals surface area contributed by atoms with Gasteiger partial charge in [-0.25, -0.2) is 0 Å². The number of anilines is 1. The van der Waals surface area contributed by atoms with Crippen LogP contribution in [0.15, 0.2) is 18.2 Å². The van der Waals surface area contributed by atoms with E-state index >= 15 is 0 Å². The van der Waals surface area contributed by atoms with E-state index in [4.69, 9.17) is 4.74 Å². The molecule has 0 atom stereocenters. The van der Waals surface area contributed by atoms with Crippen molar-refractivity contribution in [2.45, 2.75) is 31.9 Å². The molecule has 1 aliphatic rings. The summed E-state index contributed by atoms with van der Waals surface area (Å²) in [5.74, 6) is -2.00. The van der Waals surface area contributed by atoms with Crippen molar-refractivity contribution in [2.24, 2.45) is 0 Å². The molecule has 2 rings (SSSR count). The average Bonchev–Trinajstić information content (AvgIpc) is 2.83. The first kappa shape index (κ1) is 22.1. The molecule has 1 heterocycles. The van der Waals surface area contributed by atoms with Crippen LogP contribution in [0.25, 0.3) is 0 Å². The topological polar surface area (TPSA) is 119 Å². The maximum Gasteiger partial charge on any atom is 0.416 e. The summed E-state index contributed by atoms with van der Waals surface area (Å²) in [7, 11) is 0. The highest BCUT2D eigenvalue weighted by molar-refractivity contribution is 5.95. The third-order valence-corrected chi connectivity index (χ3v) is 4.15. The number of rotatable bonds is 6. The highest BCUT2D eigenvalue weighted by Gasteiger charge is 2.33. The average molecular weight is 417 g/mol. The van der Waals surface area contributed by atoms with Gasteiger partial charge in [-0.3, -0.25) is 24.5 Å². The minimum atomic E-state index is -4.78. The lowest BCUT2D eigenvalue weighted by molar-refractivity contribution is -0.384. The molecule has 0 saturated carbocycles. The number of alkyl halides is 3. The third-order valence-electron chi connectivity index (χ3n) is 4.15. The van der Waals surface area contributed by atoms with Gasteiger partial charge in [-0.1, -0.05) is 6.42 Å². The predicted octanol–water partition coefficient (Wildman–Crippen LogP) is 2.50. The van der Waals surface area contributed by atoms with E-state index in [0.29, 0.717) is 25.1 Å². The first-order valence-corrected chi connectivity index (χ1v) is 8.67. The van der Waals surface area contributed by atoms with E-state index in [1.54, 1.807) is 0 Å². The van der Waals surface area contributed by atoms with Crippen molar-refractivity contribution in [3.05, 3.63) is 33.9 Å². The summed E-state index contributed by atoms with van der Waals surface area (Å²) in [5.41, 5.74) is -2.66. The van der Waals surface area contributed by atoms with Crippen molar-refractivity contribution in [3.63, 3.8) is 0 Å². The highest BCUT2D eigenvalue weighted by atomic mass is 19.4. The van der Waals surface area contributed by atoms with Crippen LogP contribution in [0.5, 0.6) is 0 Å². The van der Waals surface area contributed by atoms with Crippen LogP contribution in [-0.2, 0) is 25.3 Å². The molecule has 1 aromatic rings. The second-order valence-corrected chi connectivity index (χ2v) is 6.32. The number of hydrogen-bond donors (Lipinski definition) is 1. The molecule has 0 spiro atoms. The van der Waals surface area contributed by atoms with Gasteiger partial charge in [0.1, 0.15) is 12.2 Å². The first-order valence-electron chi connectivity index (χ1n) is 8.67. The second kappa shape index (κ2) is 9.34.